The first-order chi connectivity index (χ1) is 16.6. The van der Waals surface area contributed by atoms with E-state index in [1.54, 1.807) is 22.8 Å². The molecule has 170 valence electrons. The second-order valence-corrected chi connectivity index (χ2v) is 7.91. The zero-order chi connectivity index (χ0) is 23.7. The Labute approximate surface area is 195 Å². The number of nitro groups is 1. The number of benzene rings is 3. The highest BCUT2D eigenvalue weighted by Crippen LogP contribution is 2.44. The van der Waals surface area contributed by atoms with E-state index in [9.17, 15) is 14.9 Å². The topological polar surface area (TPSA) is 103 Å². The second-order valence-electron chi connectivity index (χ2n) is 7.91. The van der Waals surface area contributed by atoms with Crippen LogP contribution in [0, 0.1) is 10.1 Å². The van der Waals surface area contributed by atoms with Gasteiger partial charge in [0.2, 0.25) is 5.95 Å². The molecule has 2 heterocycles. The lowest BCUT2D eigenvalue weighted by atomic mass is 9.91. The summed E-state index contributed by atoms with van der Waals surface area (Å²) in [6, 6.07) is 22.5. The van der Waals surface area contributed by atoms with Gasteiger partial charge in [0, 0.05) is 23.3 Å². The van der Waals surface area contributed by atoms with Gasteiger partial charge >= 0.3 is 0 Å². The Bertz CT molecular complexity index is 1350. The first-order valence-electron chi connectivity index (χ1n) is 10.7. The van der Waals surface area contributed by atoms with Crippen LogP contribution in [0.4, 0.5) is 11.6 Å². The van der Waals surface area contributed by atoms with E-state index >= 15 is 0 Å². The number of para-hydroxylation sites is 1. The molecule has 0 bridgehead atoms. The first-order valence-corrected chi connectivity index (χ1v) is 10.7. The van der Waals surface area contributed by atoms with E-state index in [0.29, 0.717) is 12.4 Å². The third kappa shape index (κ3) is 3.66. The molecule has 2 atom stereocenters. The Morgan fingerprint density at radius 2 is 1.79 bits per heavy atom. The number of amides is 1. The SMILES string of the molecule is COc1ccccc1[C@H]1C[C@H](c2ccccc2)N(C(=O)c2cccc([N+](=O)[O-])c2)c2ncnn21. The van der Waals surface area contributed by atoms with Crippen LogP contribution in [0.2, 0.25) is 0 Å². The van der Waals surface area contributed by atoms with Gasteiger partial charge in [0.25, 0.3) is 11.6 Å². The largest absolute Gasteiger partial charge is 0.496 e. The van der Waals surface area contributed by atoms with E-state index in [-0.39, 0.29) is 29.2 Å². The predicted molar refractivity (Wildman–Crippen MR) is 125 cm³/mol. The number of methoxy groups -OCH3 is 1. The molecular weight excluding hydrogens is 434 g/mol. The monoisotopic (exact) mass is 455 g/mol. The van der Waals surface area contributed by atoms with Gasteiger partial charge in [-0.15, -0.1) is 0 Å². The lowest BCUT2D eigenvalue weighted by molar-refractivity contribution is -0.384. The number of ether oxygens (including phenoxy) is 1. The number of hydrogen-bond donors (Lipinski definition) is 0. The zero-order valence-electron chi connectivity index (χ0n) is 18.3. The molecule has 1 aliphatic rings. The van der Waals surface area contributed by atoms with Crippen molar-refractivity contribution in [1.29, 1.82) is 0 Å². The summed E-state index contributed by atoms with van der Waals surface area (Å²) in [4.78, 5) is 30.6. The zero-order valence-corrected chi connectivity index (χ0v) is 18.3. The summed E-state index contributed by atoms with van der Waals surface area (Å²) in [5, 5.41) is 15.7. The summed E-state index contributed by atoms with van der Waals surface area (Å²) in [5.41, 5.74) is 1.92. The molecule has 0 radical (unpaired) electrons. The average molecular weight is 455 g/mol. The minimum Gasteiger partial charge on any atom is -0.496 e. The van der Waals surface area contributed by atoms with Crippen LogP contribution in [0.3, 0.4) is 0 Å². The smallest absolute Gasteiger partial charge is 0.270 e. The molecule has 0 spiro atoms. The molecule has 1 amide bonds. The highest BCUT2D eigenvalue weighted by atomic mass is 16.6. The number of nitrogens with zero attached hydrogens (tertiary/aromatic N) is 5. The van der Waals surface area contributed by atoms with Gasteiger partial charge in [-0.2, -0.15) is 10.1 Å². The van der Waals surface area contributed by atoms with Crippen molar-refractivity contribution in [2.24, 2.45) is 0 Å². The molecule has 4 aromatic rings. The fourth-order valence-electron chi connectivity index (χ4n) is 4.48. The third-order valence-corrected chi connectivity index (χ3v) is 6.03. The maximum absolute atomic E-state index is 13.8. The standard InChI is InChI=1S/C25H21N5O4/c1-34-23-13-6-5-12-20(23)22-15-21(17-8-3-2-4-9-17)28(25-26-16-27-29(22)25)24(31)18-10-7-11-19(14-18)30(32)33/h2-14,16,21-22H,15H2,1H3/t21-,22-/m1/s1. The van der Waals surface area contributed by atoms with Crippen LogP contribution in [0.5, 0.6) is 5.75 Å². The van der Waals surface area contributed by atoms with Crippen LogP contribution in [0.15, 0.2) is 85.2 Å². The Kier molecular flexibility index (Phi) is 5.51. The van der Waals surface area contributed by atoms with E-state index in [2.05, 4.69) is 10.1 Å². The average Bonchev–Trinajstić information content (AvgIpc) is 3.38. The van der Waals surface area contributed by atoms with Crippen LogP contribution < -0.4 is 9.64 Å². The maximum Gasteiger partial charge on any atom is 0.270 e. The van der Waals surface area contributed by atoms with Crippen molar-refractivity contribution in [1.82, 2.24) is 14.8 Å². The lowest BCUT2D eigenvalue weighted by Crippen LogP contribution is -2.42. The Morgan fingerprint density at radius 1 is 1.03 bits per heavy atom. The number of fused-ring (bicyclic) bond motifs is 1. The molecular formula is C25H21N5O4. The van der Waals surface area contributed by atoms with Gasteiger partial charge in [-0.05, 0) is 24.1 Å². The number of carbonyl (C=O) groups excluding carboxylic acids is 1. The Hall–Kier alpha value is -4.53. The highest BCUT2D eigenvalue weighted by molar-refractivity contribution is 6.06. The van der Waals surface area contributed by atoms with Gasteiger partial charge in [0.05, 0.1) is 24.1 Å². The van der Waals surface area contributed by atoms with E-state index in [1.807, 2.05) is 54.6 Å². The summed E-state index contributed by atoms with van der Waals surface area (Å²) in [6.45, 7) is 0. The normalized spacial score (nSPS) is 17.1. The van der Waals surface area contributed by atoms with Gasteiger partial charge in [-0.25, -0.2) is 4.68 Å². The molecule has 0 aliphatic carbocycles. The minimum absolute atomic E-state index is 0.146. The third-order valence-electron chi connectivity index (χ3n) is 6.03. The molecule has 0 fully saturated rings. The van der Waals surface area contributed by atoms with E-state index < -0.39 is 4.92 Å². The highest BCUT2D eigenvalue weighted by Gasteiger charge is 2.40. The number of carbonyl (C=O) groups is 1. The molecule has 0 saturated carbocycles. The molecule has 0 unspecified atom stereocenters. The van der Waals surface area contributed by atoms with Crippen molar-refractivity contribution in [3.05, 3.63) is 112 Å². The molecule has 0 saturated heterocycles. The van der Waals surface area contributed by atoms with Gasteiger partial charge in [0.15, 0.2) is 0 Å². The van der Waals surface area contributed by atoms with E-state index in [4.69, 9.17) is 4.74 Å². The Balaban J connectivity index is 1.66. The van der Waals surface area contributed by atoms with Crippen LogP contribution >= 0.6 is 0 Å². The van der Waals surface area contributed by atoms with Crippen LogP contribution in [-0.2, 0) is 0 Å². The van der Waals surface area contributed by atoms with Crippen molar-refractivity contribution < 1.29 is 14.5 Å². The van der Waals surface area contributed by atoms with Crippen molar-refractivity contribution in [2.45, 2.75) is 18.5 Å². The van der Waals surface area contributed by atoms with E-state index in [0.717, 1.165) is 16.9 Å². The van der Waals surface area contributed by atoms with Crippen molar-refractivity contribution >= 4 is 17.5 Å². The van der Waals surface area contributed by atoms with Crippen LogP contribution in [0.25, 0.3) is 0 Å². The quantitative estimate of drug-likeness (QED) is 0.322. The van der Waals surface area contributed by atoms with Crippen molar-refractivity contribution in [2.75, 3.05) is 12.0 Å². The van der Waals surface area contributed by atoms with E-state index in [1.165, 1.54) is 24.5 Å². The van der Waals surface area contributed by atoms with Crippen molar-refractivity contribution in [3.8, 4) is 5.75 Å². The molecule has 34 heavy (non-hydrogen) atoms. The summed E-state index contributed by atoms with van der Waals surface area (Å²) in [6.07, 6.45) is 1.93. The number of aromatic nitrogens is 3. The minimum atomic E-state index is -0.512. The number of nitro benzene ring substituents is 1. The predicted octanol–water partition coefficient (Wildman–Crippen LogP) is 4.58. The molecule has 1 aliphatic heterocycles. The maximum atomic E-state index is 13.8. The molecule has 1 aromatic heterocycles. The van der Waals surface area contributed by atoms with Gasteiger partial charge in [0.1, 0.15) is 12.1 Å². The number of rotatable bonds is 5. The lowest BCUT2D eigenvalue weighted by Gasteiger charge is -2.39. The molecule has 0 N–H and O–H groups in total. The summed E-state index contributed by atoms with van der Waals surface area (Å²) < 4.78 is 7.32. The fourth-order valence-corrected chi connectivity index (χ4v) is 4.48. The first kappa shape index (κ1) is 21.3. The molecule has 3 aromatic carbocycles. The second kappa shape index (κ2) is 8.78. The summed E-state index contributed by atoms with van der Waals surface area (Å²) in [5.74, 6) is 0.706. The number of anilines is 1. The molecule has 9 heteroatoms. The summed E-state index contributed by atoms with van der Waals surface area (Å²) >= 11 is 0. The summed E-state index contributed by atoms with van der Waals surface area (Å²) in [7, 11) is 1.62. The number of hydrogen-bond acceptors (Lipinski definition) is 6. The van der Waals surface area contributed by atoms with Crippen LogP contribution in [0.1, 0.15) is 40.0 Å². The Morgan fingerprint density at radius 3 is 2.56 bits per heavy atom. The van der Waals surface area contributed by atoms with Crippen LogP contribution in [-0.4, -0.2) is 32.7 Å². The molecule has 5 rings (SSSR count). The number of non-ortho nitro benzene ring substituents is 1. The molecule has 9 nitrogen and oxygen atoms in total. The fraction of sp³-hybridized carbons (Fsp3) is 0.160. The van der Waals surface area contributed by atoms with Crippen molar-refractivity contribution in [3.63, 3.8) is 0 Å². The van der Waals surface area contributed by atoms with Gasteiger partial charge in [-0.1, -0.05) is 54.6 Å². The van der Waals surface area contributed by atoms with Gasteiger partial charge in [-0.3, -0.25) is 19.8 Å². The van der Waals surface area contributed by atoms with Gasteiger partial charge < -0.3 is 4.74 Å².